The Kier molecular flexibility index (Phi) is 8.99. The molecule has 2 aromatic heterocycles. The summed E-state index contributed by atoms with van der Waals surface area (Å²) in [7, 11) is 1.79. The van der Waals surface area contributed by atoms with E-state index in [1.165, 1.54) is 11.1 Å². The van der Waals surface area contributed by atoms with Gasteiger partial charge in [-0.15, -0.1) is 24.0 Å². The maximum atomic E-state index is 4.33. The Morgan fingerprint density at radius 1 is 1.00 bits per heavy atom. The van der Waals surface area contributed by atoms with Crippen LogP contribution in [0.15, 0.2) is 66.2 Å². The van der Waals surface area contributed by atoms with E-state index in [2.05, 4.69) is 57.0 Å². The topological polar surface area (TPSA) is 72.1 Å². The first-order chi connectivity index (χ1) is 13.2. The number of nitrogens with zero attached hydrogens (tertiary/aromatic N) is 5. The van der Waals surface area contributed by atoms with Crippen molar-refractivity contribution >= 4 is 29.9 Å². The highest BCUT2D eigenvalue weighted by atomic mass is 127. The molecule has 0 bridgehead atoms. The highest BCUT2D eigenvalue weighted by molar-refractivity contribution is 14.0. The van der Waals surface area contributed by atoms with Crippen molar-refractivity contribution < 1.29 is 0 Å². The molecule has 0 aliphatic heterocycles. The number of guanidine groups is 1. The lowest BCUT2D eigenvalue weighted by Gasteiger charge is -2.17. The van der Waals surface area contributed by atoms with E-state index >= 15 is 0 Å². The van der Waals surface area contributed by atoms with Gasteiger partial charge in [0.05, 0.1) is 6.54 Å². The number of halogens is 1. The summed E-state index contributed by atoms with van der Waals surface area (Å²) >= 11 is 0. The second kappa shape index (κ2) is 11.5. The molecule has 0 aliphatic rings. The van der Waals surface area contributed by atoms with Crippen LogP contribution in [-0.4, -0.2) is 39.1 Å². The average Bonchev–Trinajstić information content (AvgIpc) is 3.37. The number of aliphatic imine (C=N–C) groups is 1. The quantitative estimate of drug-likeness (QED) is 0.288. The summed E-state index contributed by atoms with van der Waals surface area (Å²) in [5, 5.41) is 15.4. The molecule has 0 spiro atoms. The van der Waals surface area contributed by atoms with Crippen molar-refractivity contribution in [2.24, 2.45) is 10.9 Å². The van der Waals surface area contributed by atoms with Gasteiger partial charge < -0.3 is 10.6 Å². The van der Waals surface area contributed by atoms with Gasteiger partial charge in [-0.3, -0.25) is 14.4 Å². The van der Waals surface area contributed by atoms with Crippen LogP contribution >= 0.6 is 24.0 Å². The summed E-state index contributed by atoms with van der Waals surface area (Å²) in [5.74, 6) is 1.24. The fourth-order valence-electron chi connectivity index (χ4n) is 2.92. The van der Waals surface area contributed by atoms with Gasteiger partial charge >= 0.3 is 0 Å². The fraction of sp³-hybridized carbons (Fsp3) is 0.350. The smallest absolute Gasteiger partial charge is 0.191 e. The van der Waals surface area contributed by atoms with Crippen LogP contribution in [0.4, 0.5) is 0 Å². The SMILES string of the molecule is CN=C(NCc1ccccc1Cn1cccn1)NCC(C)Cn1cccn1.I. The van der Waals surface area contributed by atoms with Gasteiger partial charge in [-0.2, -0.15) is 10.2 Å². The molecule has 3 aromatic rings. The second-order valence-corrected chi connectivity index (χ2v) is 6.61. The third kappa shape index (κ3) is 6.66. The van der Waals surface area contributed by atoms with E-state index in [9.17, 15) is 0 Å². The molecular formula is C20H28IN7. The van der Waals surface area contributed by atoms with Gasteiger partial charge in [-0.25, -0.2) is 0 Å². The monoisotopic (exact) mass is 493 g/mol. The molecule has 0 aliphatic carbocycles. The number of hydrogen-bond donors (Lipinski definition) is 2. The summed E-state index contributed by atoms with van der Waals surface area (Å²) in [6.07, 6.45) is 7.57. The highest BCUT2D eigenvalue weighted by Gasteiger charge is 2.07. The van der Waals surface area contributed by atoms with Crippen molar-refractivity contribution in [3.63, 3.8) is 0 Å². The van der Waals surface area contributed by atoms with E-state index in [0.717, 1.165) is 25.6 Å². The molecule has 28 heavy (non-hydrogen) atoms. The van der Waals surface area contributed by atoms with Crippen LogP contribution < -0.4 is 10.6 Å². The molecule has 0 radical (unpaired) electrons. The van der Waals surface area contributed by atoms with Crippen LogP contribution in [0.2, 0.25) is 0 Å². The van der Waals surface area contributed by atoms with E-state index in [1.54, 1.807) is 19.4 Å². The Labute approximate surface area is 183 Å². The Bertz CT molecular complexity index is 828. The molecule has 0 saturated carbocycles. The van der Waals surface area contributed by atoms with Crippen LogP contribution in [-0.2, 0) is 19.6 Å². The third-order valence-electron chi connectivity index (χ3n) is 4.36. The van der Waals surface area contributed by atoms with E-state index in [1.807, 2.05) is 33.9 Å². The number of rotatable bonds is 8. The molecule has 1 aromatic carbocycles. The number of nitrogens with one attached hydrogen (secondary N) is 2. The average molecular weight is 493 g/mol. The standard InChI is InChI=1S/C20H27N7.HI/c1-17(15-26-11-5-9-24-26)13-22-20(21-2)23-14-18-7-3-4-8-19(18)16-27-12-6-10-25-27;/h3-12,17H,13-16H2,1-2H3,(H2,21,22,23);1H. The van der Waals surface area contributed by atoms with Gasteiger partial charge in [-0.05, 0) is 29.2 Å². The first-order valence-corrected chi connectivity index (χ1v) is 9.20. The summed E-state index contributed by atoms with van der Waals surface area (Å²) in [4.78, 5) is 4.33. The molecular weight excluding hydrogens is 465 g/mol. The zero-order valence-corrected chi connectivity index (χ0v) is 18.7. The van der Waals surface area contributed by atoms with Crippen LogP contribution in [0.3, 0.4) is 0 Å². The predicted molar refractivity (Wildman–Crippen MR) is 123 cm³/mol. The number of hydrogen-bond acceptors (Lipinski definition) is 3. The van der Waals surface area contributed by atoms with Crippen LogP contribution in [0.25, 0.3) is 0 Å². The van der Waals surface area contributed by atoms with Gasteiger partial charge in [-0.1, -0.05) is 31.2 Å². The summed E-state index contributed by atoms with van der Waals surface area (Å²) in [5.41, 5.74) is 2.48. The molecule has 0 amide bonds. The zero-order valence-electron chi connectivity index (χ0n) is 16.3. The predicted octanol–water partition coefficient (Wildman–Crippen LogP) is 2.75. The first-order valence-electron chi connectivity index (χ1n) is 9.20. The maximum absolute atomic E-state index is 4.33. The Hall–Kier alpha value is -2.36. The van der Waals surface area contributed by atoms with Crippen LogP contribution in [0.5, 0.6) is 0 Å². The zero-order chi connectivity index (χ0) is 18.9. The minimum atomic E-state index is 0. The van der Waals surface area contributed by atoms with E-state index in [-0.39, 0.29) is 24.0 Å². The van der Waals surface area contributed by atoms with Crippen LogP contribution in [0.1, 0.15) is 18.1 Å². The van der Waals surface area contributed by atoms with Crippen molar-refractivity contribution in [2.75, 3.05) is 13.6 Å². The molecule has 2 heterocycles. The van der Waals surface area contributed by atoms with Gasteiger partial charge in [0.25, 0.3) is 0 Å². The largest absolute Gasteiger partial charge is 0.356 e. The number of benzene rings is 1. The first kappa shape index (κ1) is 21.9. The van der Waals surface area contributed by atoms with Gasteiger partial charge in [0.2, 0.25) is 0 Å². The Morgan fingerprint density at radius 3 is 2.32 bits per heavy atom. The summed E-state index contributed by atoms with van der Waals surface area (Å²) in [6, 6.07) is 12.3. The number of aromatic nitrogens is 4. The molecule has 2 N–H and O–H groups in total. The molecule has 0 saturated heterocycles. The molecule has 7 nitrogen and oxygen atoms in total. The maximum Gasteiger partial charge on any atom is 0.191 e. The highest BCUT2D eigenvalue weighted by Crippen LogP contribution is 2.10. The van der Waals surface area contributed by atoms with E-state index < -0.39 is 0 Å². The Balaban J connectivity index is 0.00000280. The molecule has 3 rings (SSSR count). The van der Waals surface area contributed by atoms with Gasteiger partial charge in [0, 0.05) is 51.5 Å². The van der Waals surface area contributed by atoms with Crippen molar-refractivity contribution in [3.8, 4) is 0 Å². The van der Waals surface area contributed by atoms with Gasteiger partial charge in [0.1, 0.15) is 0 Å². The van der Waals surface area contributed by atoms with Crippen molar-refractivity contribution in [1.29, 1.82) is 0 Å². The molecule has 150 valence electrons. The summed E-state index contributed by atoms with van der Waals surface area (Å²) in [6.45, 7) is 5.38. The van der Waals surface area contributed by atoms with E-state index in [0.29, 0.717) is 12.5 Å². The van der Waals surface area contributed by atoms with Crippen molar-refractivity contribution in [3.05, 3.63) is 72.3 Å². The lowest BCUT2D eigenvalue weighted by molar-refractivity contribution is 0.443. The molecule has 0 fully saturated rings. The second-order valence-electron chi connectivity index (χ2n) is 6.61. The Morgan fingerprint density at radius 2 is 1.68 bits per heavy atom. The van der Waals surface area contributed by atoms with Crippen molar-refractivity contribution in [1.82, 2.24) is 30.2 Å². The lowest BCUT2D eigenvalue weighted by atomic mass is 10.1. The summed E-state index contributed by atoms with van der Waals surface area (Å²) < 4.78 is 3.89. The fourth-order valence-corrected chi connectivity index (χ4v) is 2.92. The molecule has 8 heteroatoms. The van der Waals surface area contributed by atoms with Crippen LogP contribution in [0, 0.1) is 5.92 Å². The minimum absolute atomic E-state index is 0. The molecule has 1 atom stereocenters. The minimum Gasteiger partial charge on any atom is -0.356 e. The van der Waals surface area contributed by atoms with Gasteiger partial charge in [0.15, 0.2) is 5.96 Å². The van der Waals surface area contributed by atoms with Crippen molar-refractivity contribution in [2.45, 2.75) is 26.6 Å². The lowest BCUT2D eigenvalue weighted by Crippen LogP contribution is -2.39. The third-order valence-corrected chi connectivity index (χ3v) is 4.36. The van der Waals surface area contributed by atoms with E-state index in [4.69, 9.17) is 0 Å². The normalized spacial score (nSPS) is 12.3. The molecule has 1 unspecified atom stereocenters.